The number of rotatable bonds is 3. The molecule has 1 aromatic heterocycles. The third-order valence-electron chi connectivity index (χ3n) is 5.92. The van der Waals surface area contributed by atoms with Gasteiger partial charge in [0.2, 0.25) is 0 Å². The number of aromatic nitrogens is 1. The highest BCUT2D eigenvalue weighted by molar-refractivity contribution is 5.77. The van der Waals surface area contributed by atoms with Crippen molar-refractivity contribution in [1.82, 2.24) is 4.98 Å². The maximum Gasteiger partial charge on any atom is 0.0538 e. The summed E-state index contributed by atoms with van der Waals surface area (Å²) >= 11 is 0. The molecule has 0 aliphatic heterocycles. The Morgan fingerprint density at radius 1 is 0.800 bits per heavy atom. The molecule has 0 spiro atoms. The average molecular weight is 398 g/mol. The second-order valence-corrected chi connectivity index (χ2v) is 10.3. The molecule has 0 unspecified atom stereocenters. The summed E-state index contributed by atoms with van der Waals surface area (Å²) in [5, 5.41) is 2.07. The number of aromatic amines is 1. The molecule has 3 rings (SSSR count). The molecule has 156 valence electrons. The van der Waals surface area contributed by atoms with Crippen molar-refractivity contribution in [3.8, 4) is 11.3 Å². The van der Waals surface area contributed by atoms with E-state index in [4.69, 9.17) is 0 Å². The lowest BCUT2D eigenvalue weighted by Gasteiger charge is -2.19. The summed E-state index contributed by atoms with van der Waals surface area (Å²) in [6.07, 6.45) is 1.94. The van der Waals surface area contributed by atoms with Crippen LogP contribution in [0.1, 0.15) is 70.7 Å². The van der Waals surface area contributed by atoms with Crippen LogP contribution in [0.5, 0.6) is 0 Å². The maximum absolute atomic E-state index is 4.31. The van der Waals surface area contributed by atoms with Crippen LogP contribution in [0.3, 0.4) is 0 Å². The quantitative estimate of drug-likeness (QED) is 0.516. The highest BCUT2D eigenvalue weighted by Gasteiger charge is 2.16. The van der Waals surface area contributed by atoms with Crippen molar-refractivity contribution in [3.05, 3.63) is 87.9 Å². The van der Waals surface area contributed by atoms with Gasteiger partial charge in [-0.05, 0) is 45.6 Å². The van der Waals surface area contributed by atoms with Crippen molar-refractivity contribution in [2.24, 2.45) is 0 Å². The minimum Gasteiger partial charge on any atom is -0.354 e. The molecular weight excluding hydrogens is 362 g/mol. The van der Waals surface area contributed by atoms with Crippen LogP contribution in [-0.2, 0) is 10.8 Å². The Kier molecular flexibility index (Phi) is 5.69. The fourth-order valence-electron chi connectivity index (χ4n) is 3.93. The molecule has 0 bridgehead atoms. The Bertz CT molecular complexity index is 1160. The van der Waals surface area contributed by atoms with Gasteiger partial charge in [-0.3, -0.25) is 0 Å². The third-order valence-corrected chi connectivity index (χ3v) is 5.92. The van der Waals surface area contributed by atoms with Gasteiger partial charge in [-0.15, -0.1) is 0 Å². The van der Waals surface area contributed by atoms with Crippen LogP contribution in [0.25, 0.3) is 29.5 Å². The predicted octanol–water partition coefficient (Wildman–Crippen LogP) is 6.55. The van der Waals surface area contributed by atoms with Crippen molar-refractivity contribution >= 4 is 18.2 Å². The molecule has 30 heavy (non-hydrogen) atoms. The summed E-state index contributed by atoms with van der Waals surface area (Å²) in [5.74, 6) is 0. The molecule has 0 radical (unpaired) electrons. The Hall–Kier alpha value is -2.80. The van der Waals surface area contributed by atoms with Gasteiger partial charge < -0.3 is 4.98 Å². The first-order valence-corrected chi connectivity index (χ1v) is 10.7. The third kappa shape index (κ3) is 4.21. The molecule has 2 aromatic carbocycles. The van der Waals surface area contributed by atoms with E-state index < -0.39 is 0 Å². The van der Waals surface area contributed by atoms with E-state index in [0.717, 1.165) is 27.4 Å². The minimum absolute atomic E-state index is 0.141. The number of nitrogens with one attached hydrogen (secondary N) is 1. The first-order chi connectivity index (χ1) is 13.9. The SMILES string of the molecule is C=Cc1c(-c2ccc(C(C)(C)C)cc2)[nH]c(=C)/c1=C(/C)c1ccc(C(C)(C)C)cc1. The summed E-state index contributed by atoms with van der Waals surface area (Å²) in [6.45, 7) is 24.0. The minimum atomic E-state index is 0.141. The Labute approximate surface area is 181 Å². The van der Waals surface area contributed by atoms with Crippen LogP contribution in [-0.4, -0.2) is 4.98 Å². The van der Waals surface area contributed by atoms with Crippen molar-refractivity contribution in [2.75, 3.05) is 0 Å². The van der Waals surface area contributed by atoms with Crippen LogP contribution in [0.15, 0.2) is 55.1 Å². The highest BCUT2D eigenvalue weighted by atomic mass is 14.7. The lowest BCUT2D eigenvalue weighted by atomic mass is 9.86. The summed E-state index contributed by atoms with van der Waals surface area (Å²) in [7, 11) is 0. The van der Waals surface area contributed by atoms with E-state index in [9.17, 15) is 0 Å². The zero-order valence-electron chi connectivity index (χ0n) is 19.6. The highest BCUT2D eigenvalue weighted by Crippen LogP contribution is 2.27. The van der Waals surface area contributed by atoms with Gasteiger partial charge in [0.05, 0.1) is 5.69 Å². The number of H-pyrrole nitrogens is 1. The van der Waals surface area contributed by atoms with Gasteiger partial charge in [-0.25, -0.2) is 0 Å². The zero-order valence-corrected chi connectivity index (χ0v) is 19.6. The van der Waals surface area contributed by atoms with E-state index in [1.165, 1.54) is 22.3 Å². The normalized spacial score (nSPS) is 13.3. The second kappa shape index (κ2) is 7.80. The fourth-order valence-corrected chi connectivity index (χ4v) is 3.93. The van der Waals surface area contributed by atoms with Crippen LogP contribution in [0, 0.1) is 0 Å². The first-order valence-electron chi connectivity index (χ1n) is 10.7. The predicted molar refractivity (Wildman–Crippen MR) is 133 cm³/mol. The molecule has 1 nitrogen and oxygen atoms in total. The van der Waals surface area contributed by atoms with Crippen molar-refractivity contribution < 1.29 is 0 Å². The fraction of sp³-hybridized carbons (Fsp3) is 0.310. The molecule has 1 heterocycles. The van der Waals surface area contributed by atoms with Gasteiger partial charge in [0, 0.05) is 16.1 Å². The van der Waals surface area contributed by atoms with Gasteiger partial charge in [-0.1, -0.05) is 109 Å². The van der Waals surface area contributed by atoms with E-state index in [1.807, 2.05) is 6.08 Å². The topological polar surface area (TPSA) is 15.8 Å². The summed E-state index contributed by atoms with van der Waals surface area (Å²) in [5.41, 5.74) is 8.73. The van der Waals surface area contributed by atoms with E-state index in [2.05, 4.69) is 115 Å². The van der Waals surface area contributed by atoms with Gasteiger partial charge in [0.25, 0.3) is 0 Å². The molecule has 1 N–H and O–H groups in total. The molecule has 0 saturated heterocycles. The summed E-state index contributed by atoms with van der Waals surface area (Å²) < 4.78 is 0. The molecule has 1 heteroatoms. The molecule has 0 amide bonds. The van der Waals surface area contributed by atoms with Gasteiger partial charge in [0.15, 0.2) is 0 Å². The van der Waals surface area contributed by atoms with Crippen LogP contribution in [0.2, 0.25) is 0 Å². The maximum atomic E-state index is 4.31. The van der Waals surface area contributed by atoms with E-state index >= 15 is 0 Å². The Morgan fingerprint density at radius 3 is 1.70 bits per heavy atom. The number of hydrogen-bond donors (Lipinski definition) is 1. The molecule has 0 aliphatic rings. The zero-order chi connectivity index (χ0) is 22.3. The van der Waals surface area contributed by atoms with Crippen molar-refractivity contribution in [2.45, 2.75) is 59.3 Å². The molecular formula is C29H35N. The molecule has 0 aliphatic carbocycles. The number of hydrogen-bond acceptors (Lipinski definition) is 0. The summed E-state index contributed by atoms with van der Waals surface area (Å²) in [4.78, 5) is 3.52. The molecule has 0 saturated carbocycles. The van der Waals surface area contributed by atoms with Gasteiger partial charge >= 0.3 is 0 Å². The lowest BCUT2D eigenvalue weighted by Crippen LogP contribution is -2.25. The van der Waals surface area contributed by atoms with Gasteiger partial charge in [-0.2, -0.15) is 0 Å². The smallest absolute Gasteiger partial charge is 0.0538 e. The second-order valence-electron chi connectivity index (χ2n) is 10.3. The van der Waals surface area contributed by atoms with Gasteiger partial charge in [0.1, 0.15) is 0 Å². The molecule has 0 fully saturated rings. The van der Waals surface area contributed by atoms with Crippen molar-refractivity contribution in [1.29, 1.82) is 0 Å². The summed E-state index contributed by atoms with van der Waals surface area (Å²) in [6, 6.07) is 17.7. The number of benzene rings is 2. The Morgan fingerprint density at radius 2 is 1.27 bits per heavy atom. The standard InChI is InChI=1S/C29H35N/c1-10-25-26(19(2)21-11-15-23(16-12-21)28(4,5)6)20(3)30-27(25)22-13-17-24(18-14-22)29(7,8)9/h10-18,30H,1,3H2,2,4-9H3/b26-19+. The molecule has 3 aromatic rings. The van der Waals surface area contributed by atoms with Crippen LogP contribution in [0.4, 0.5) is 0 Å². The van der Waals surface area contributed by atoms with E-state index in [-0.39, 0.29) is 10.8 Å². The Balaban J connectivity index is 2.14. The van der Waals surface area contributed by atoms with E-state index in [0.29, 0.717) is 0 Å². The largest absolute Gasteiger partial charge is 0.354 e. The van der Waals surface area contributed by atoms with Crippen molar-refractivity contribution in [3.63, 3.8) is 0 Å². The molecule has 0 atom stereocenters. The monoisotopic (exact) mass is 397 g/mol. The van der Waals surface area contributed by atoms with Crippen LogP contribution < -0.4 is 10.6 Å². The lowest BCUT2D eigenvalue weighted by molar-refractivity contribution is 0.590. The first kappa shape index (κ1) is 21.9. The van der Waals surface area contributed by atoms with E-state index in [1.54, 1.807) is 0 Å². The average Bonchev–Trinajstić information content (AvgIpc) is 3.02. The van der Waals surface area contributed by atoms with Crippen LogP contribution >= 0.6 is 0 Å².